The predicted octanol–water partition coefficient (Wildman–Crippen LogP) is 5.00. The van der Waals surface area contributed by atoms with Crippen molar-refractivity contribution in [2.24, 2.45) is 0 Å². The zero-order chi connectivity index (χ0) is 13.8. The Kier molecular flexibility index (Phi) is 6.37. The van der Waals surface area contributed by atoms with E-state index in [0.29, 0.717) is 12.0 Å². The minimum Gasteiger partial charge on any atom is -0.396 e. The number of aliphatic hydroxyl groups is 1. The number of rotatable bonds is 5. The molecule has 1 aromatic carbocycles. The van der Waals surface area contributed by atoms with Gasteiger partial charge in [0.15, 0.2) is 4.33 Å². The first-order valence-electron chi connectivity index (χ1n) is 5.44. The number of unbranched alkanes of at least 4 members (excludes halogenated alkanes) is 1. The molecule has 0 atom stereocenters. The van der Waals surface area contributed by atoms with Gasteiger partial charge in [-0.15, -0.1) is 0 Å². The van der Waals surface area contributed by atoms with Crippen LogP contribution >= 0.6 is 58.0 Å². The van der Waals surface area contributed by atoms with Gasteiger partial charge in [-0.2, -0.15) is 0 Å². The lowest BCUT2D eigenvalue weighted by atomic mass is 9.99. The number of aliphatic hydroxyl groups excluding tert-OH is 1. The van der Waals surface area contributed by atoms with Crippen molar-refractivity contribution in [1.29, 1.82) is 0 Å². The molecule has 0 radical (unpaired) electrons. The summed E-state index contributed by atoms with van der Waals surface area (Å²) in [6.45, 7) is 0.152. The Labute approximate surface area is 132 Å². The Morgan fingerprint density at radius 3 is 2.11 bits per heavy atom. The number of alkyl halides is 5. The maximum atomic E-state index is 8.79. The molecule has 1 aromatic rings. The van der Waals surface area contributed by atoms with Crippen LogP contribution < -0.4 is 0 Å². The number of hydrogen-bond donors (Lipinski definition) is 1. The number of aryl methyl sites for hydroxylation is 1. The molecular formula is C12H13Cl5O. The summed E-state index contributed by atoms with van der Waals surface area (Å²) >= 11 is 29.8. The highest BCUT2D eigenvalue weighted by Gasteiger charge is 2.48. The minimum absolute atomic E-state index is 0.152. The van der Waals surface area contributed by atoms with E-state index in [1.54, 1.807) is 12.1 Å². The zero-order valence-corrected chi connectivity index (χ0v) is 13.3. The molecule has 0 fully saturated rings. The molecule has 0 bridgehead atoms. The van der Waals surface area contributed by atoms with Gasteiger partial charge in [0.05, 0.1) is 0 Å². The highest BCUT2D eigenvalue weighted by Crippen LogP contribution is 2.53. The Bertz CT molecular complexity index is 386. The largest absolute Gasteiger partial charge is 0.396 e. The molecule has 0 aliphatic heterocycles. The standard InChI is InChI=1S/C12H13Cl5O/c13-11(14,12(15,16)17)10-7-2-1-5-9(10)6-3-4-8-18/h1-2,5,7,18H,3-4,6,8H2. The maximum absolute atomic E-state index is 8.79. The van der Waals surface area contributed by atoms with Crippen molar-refractivity contribution in [1.82, 2.24) is 0 Å². The van der Waals surface area contributed by atoms with Crippen molar-refractivity contribution in [3.63, 3.8) is 0 Å². The molecule has 0 amide bonds. The third-order valence-electron chi connectivity index (χ3n) is 2.57. The average Bonchev–Trinajstić information content (AvgIpc) is 2.28. The van der Waals surface area contributed by atoms with Crippen LogP contribution in [0.5, 0.6) is 0 Å². The summed E-state index contributed by atoms with van der Waals surface area (Å²) in [7, 11) is 0. The summed E-state index contributed by atoms with van der Waals surface area (Å²) in [5.74, 6) is 0. The van der Waals surface area contributed by atoms with E-state index in [-0.39, 0.29) is 6.61 Å². The highest BCUT2D eigenvalue weighted by molar-refractivity contribution is 6.75. The van der Waals surface area contributed by atoms with Crippen LogP contribution in [-0.4, -0.2) is 15.5 Å². The molecule has 0 aliphatic rings. The van der Waals surface area contributed by atoms with Crippen LogP contribution in [0.1, 0.15) is 24.0 Å². The fraction of sp³-hybridized carbons (Fsp3) is 0.500. The highest BCUT2D eigenvalue weighted by atomic mass is 35.6. The van der Waals surface area contributed by atoms with Crippen LogP contribution in [0.2, 0.25) is 0 Å². The van der Waals surface area contributed by atoms with E-state index >= 15 is 0 Å². The lowest BCUT2D eigenvalue weighted by Crippen LogP contribution is -2.29. The van der Waals surface area contributed by atoms with Gasteiger partial charge in [0.1, 0.15) is 0 Å². The molecule has 0 heterocycles. The second kappa shape index (κ2) is 6.88. The van der Waals surface area contributed by atoms with Crippen molar-refractivity contribution in [3.8, 4) is 0 Å². The molecule has 0 saturated heterocycles. The molecule has 6 heteroatoms. The van der Waals surface area contributed by atoms with Gasteiger partial charge in [0.2, 0.25) is 3.79 Å². The zero-order valence-electron chi connectivity index (χ0n) is 9.47. The summed E-state index contributed by atoms with van der Waals surface area (Å²) in [6, 6.07) is 7.31. The van der Waals surface area contributed by atoms with Crippen molar-refractivity contribution in [3.05, 3.63) is 35.4 Å². The summed E-state index contributed by atoms with van der Waals surface area (Å²) < 4.78 is -3.42. The number of halogens is 5. The summed E-state index contributed by atoms with van der Waals surface area (Å²) in [5, 5.41) is 8.79. The fourth-order valence-electron chi connectivity index (χ4n) is 1.62. The first-order valence-corrected chi connectivity index (χ1v) is 7.33. The quantitative estimate of drug-likeness (QED) is 0.585. The smallest absolute Gasteiger partial charge is 0.227 e. The SMILES string of the molecule is OCCCCc1ccccc1C(Cl)(Cl)C(Cl)(Cl)Cl. The second-order valence-corrected chi connectivity index (χ2v) is 7.52. The number of benzene rings is 1. The second-order valence-electron chi connectivity index (χ2n) is 3.91. The van der Waals surface area contributed by atoms with Crippen LogP contribution in [0.4, 0.5) is 0 Å². The van der Waals surface area contributed by atoms with Gasteiger partial charge in [0, 0.05) is 6.61 Å². The topological polar surface area (TPSA) is 20.2 Å². The summed E-state index contributed by atoms with van der Waals surface area (Å²) in [4.78, 5) is 0. The molecule has 1 rings (SSSR count). The Morgan fingerprint density at radius 2 is 1.56 bits per heavy atom. The van der Waals surface area contributed by atoms with Gasteiger partial charge in [-0.1, -0.05) is 82.3 Å². The lowest BCUT2D eigenvalue weighted by Gasteiger charge is -2.29. The van der Waals surface area contributed by atoms with Gasteiger partial charge in [-0.25, -0.2) is 0 Å². The molecule has 0 unspecified atom stereocenters. The van der Waals surface area contributed by atoms with E-state index in [1.807, 2.05) is 12.1 Å². The molecular weight excluding hydrogens is 337 g/mol. The predicted molar refractivity (Wildman–Crippen MR) is 80.1 cm³/mol. The van der Waals surface area contributed by atoms with Crippen LogP contribution in [0, 0.1) is 0 Å². The molecule has 102 valence electrons. The van der Waals surface area contributed by atoms with E-state index in [1.165, 1.54) is 0 Å². The molecule has 18 heavy (non-hydrogen) atoms. The minimum atomic E-state index is -1.82. The van der Waals surface area contributed by atoms with Gasteiger partial charge in [-0.3, -0.25) is 0 Å². The van der Waals surface area contributed by atoms with Crippen LogP contribution in [-0.2, 0) is 10.8 Å². The van der Waals surface area contributed by atoms with Gasteiger partial charge >= 0.3 is 0 Å². The Morgan fingerprint density at radius 1 is 0.944 bits per heavy atom. The number of hydrogen-bond acceptors (Lipinski definition) is 1. The third-order valence-corrected chi connectivity index (χ3v) is 4.97. The summed E-state index contributed by atoms with van der Waals surface area (Å²) in [6.07, 6.45) is 2.25. The van der Waals surface area contributed by atoms with E-state index in [4.69, 9.17) is 63.1 Å². The van der Waals surface area contributed by atoms with E-state index in [9.17, 15) is 0 Å². The van der Waals surface area contributed by atoms with Crippen LogP contribution in [0.25, 0.3) is 0 Å². The summed E-state index contributed by atoms with van der Waals surface area (Å²) in [5.41, 5.74) is 1.51. The first-order chi connectivity index (χ1) is 8.30. The molecule has 1 N–H and O–H groups in total. The normalized spacial score (nSPS) is 12.8. The maximum Gasteiger partial charge on any atom is 0.227 e. The molecule has 0 saturated carbocycles. The molecule has 1 nitrogen and oxygen atoms in total. The molecule has 0 aromatic heterocycles. The first kappa shape index (κ1) is 16.7. The van der Waals surface area contributed by atoms with Gasteiger partial charge in [-0.05, 0) is 30.4 Å². The third kappa shape index (κ3) is 4.06. The van der Waals surface area contributed by atoms with Crippen LogP contribution in [0.3, 0.4) is 0 Å². The average molecular weight is 350 g/mol. The molecule has 0 aliphatic carbocycles. The van der Waals surface area contributed by atoms with Crippen molar-refractivity contribution >= 4 is 58.0 Å². The van der Waals surface area contributed by atoms with Crippen LogP contribution in [0.15, 0.2) is 24.3 Å². The Hall–Kier alpha value is 0.630. The van der Waals surface area contributed by atoms with E-state index < -0.39 is 8.13 Å². The fourth-order valence-corrected chi connectivity index (χ4v) is 2.30. The van der Waals surface area contributed by atoms with Gasteiger partial charge in [0.25, 0.3) is 0 Å². The van der Waals surface area contributed by atoms with E-state index in [2.05, 4.69) is 0 Å². The van der Waals surface area contributed by atoms with Crippen molar-refractivity contribution in [2.45, 2.75) is 27.4 Å². The monoisotopic (exact) mass is 348 g/mol. The van der Waals surface area contributed by atoms with Crippen molar-refractivity contribution in [2.75, 3.05) is 6.61 Å². The van der Waals surface area contributed by atoms with E-state index in [0.717, 1.165) is 18.4 Å². The Balaban J connectivity index is 3.01. The van der Waals surface area contributed by atoms with Crippen molar-refractivity contribution < 1.29 is 5.11 Å². The van der Waals surface area contributed by atoms with Gasteiger partial charge < -0.3 is 5.11 Å². The molecule has 0 spiro atoms. The lowest BCUT2D eigenvalue weighted by molar-refractivity contribution is 0.284.